The van der Waals surface area contributed by atoms with Gasteiger partial charge >= 0.3 is 0 Å². The monoisotopic (exact) mass is 265 g/mol. The average Bonchev–Trinajstić information content (AvgIpc) is 2.46. The van der Waals surface area contributed by atoms with Gasteiger partial charge in [-0.2, -0.15) is 0 Å². The van der Waals surface area contributed by atoms with E-state index in [0.717, 1.165) is 18.5 Å². The van der Waals surface area contributed by atoms with Crippen molar-refractivity contribution in [3.63, 3.8) is 0 Å². The number of benzene rings is 2. The zero-order valence-electron chi connectivity index (χ0n) is 12.9. The lowest BCUT2D eigenvalue weighted by molar-refractivity contribution is 1.07. The second kappa shape index (κ2) is 6.51. The van der Waals surface area contributed by atoms with Gasteiger partial charge in [0.2, 0.25) is 0 Å². The van der Waals surface area contributed by atoms with Gasteiger partial charge in [0.25, 0.3) is 0 Å². The molecule has 0 bridgehead atoms. The van der Waals surface area contributed by atoms with Gasteiger partial charge in [-0.15, -0.1) is 0 Å². The van der Waals surface area contributed by atoms with E-state index in [1.54, 1.807) is 0 Å². The van der Waals surface area contributed by atoms with Crippen molar-refractivity contribution in [1.29, 1.82) is 0 Å². The van der Waals surface area contributed by atoms with Gasteiger partial charge in [-0.3, -0.25) is 4.99 Å². The van der Waals surface area contributed by atoms with Crippen molar-refractivity contribution in [2.45, 2.75) is 40.5 Å². The Hall–Kier alpha value is -1.89. The molecule has 0 saturated carbocycles. The van der Waals surface area contributed by atoms with Crippen LogP contribution in [0.1, 0.15) is 41.7 Å². The molecule has 0 aliphatic rings. The van der Waals surface area contributed by atoms with Crippen LogP contribution in [-0.4, -0.2) is 6.21 Å². The molecule has 0 fully saturated rings. The Morgan fingerprint density at radius 1 is 0.850 bits per heavy atom. The topological polar surface area (TPSA) is 12.4 Å². The van der Waals surface area contributed by atoms with E-state index in [0.29, 0.717) is 0 Å². The third-order valence-corrected chi connectivity index (χ3v) is 3.63. The molecule has 0 heterocycles. The Morgan fingerprint density at radius 2 is 1.40 bits per heavy atom. The number of hydrogen-bond donors (Lipinski definition) is 0. The molecule has 0 aromatic heterocycles. The van der Waals surface area contributed by atoms with Crippen molar-refractivity contribution < 1.29 is 0 Å². The molecule has 0 unspecified atom stereocenters. The summed E-state index contributed by atoms with van der Waals surface area (Å²) in [5.41, 5.74) is 7.69. The molecule has 2 aromatic carbocycles. The number of hydrogen-bond acceptors (Lipinski definition) is 1. The smallest absolute Gasteiger partial charge is 0.0630 e. The second-order valence-corrected chi connectivity index (χ2v) is 5.30. The highest BCUT2D eigenvalue weighted by atomic mass is 14.7. The summed E-state index contributed by atoms with van der Waals surface area (Å²) < 4.78 is 0. The van der Waals surface area contributed by atoms with Crippen molar-refractivity contribution in [3.8, 4) is 0 Å². The van der Waals surface area contributed by atoms with Gasteiger partial charge in [0.15, 0.2) is 0 Å². The summed E-state index contributed by atoms with van der Waals surface area (Å²) in [6, 6.07) is 12.9. The third-order valence-electron chi connectivity index (χ3n) is 3.63. The van der Waals surface area contributed by atoms with Crippen LogP contribution in [0.4, 0.5) is 5.69 Å². The van der Waals surface area contributed by atoms with Crippen LogP contribution in [0.5, 0.6) is 0 Å². The lowest BCUT2D eigenvalue weighted by atomic mass is 9.95. The molecule has 0 aliphatic carbocycles. The van der Waals surface area contributed by atoms with Gasteiger partial charge < -0.3 is 0 Å². The maximum Gasteiger partial charge on any atom is 0.0630 e. The van der Waals surface area contributed by atoms with Crippen molar-refractivity contribution in [2.24, 2.45) is 4.99 Å². The van der Waals surface area contributed by atoms with Crippen molar-refractivity contribution in [3.05, 3.63) is 64.2 Å². The molecule has 0 amide bonds. The Morgan fingerprint density at radius 3 is 1.90 bits per heavy atom. The number of rotatable bonds is 4. The van der Waals surface area contributed by atoms with Gasteiger partial charge in [0.1, 0.15) is 0 Å². The zero-order chi connectivity index (χ0) is 14.5. The maximum atomic E-state index is 4.64. The van der Waals surface area contributed by atoms with Crippen molar-refractivity contribution in [2.75, 3.05) is 0 Å². The van der Waals surface area contributed by atoms with Gasteiger partial charge in [0.05, 0.1) is 5.69 Å². The summed E-state index contributed by atoms with van der Waals surface area (Å²) in [5.74, 6) is 0. The summed E-state index contributed by atoms with van der Waals surface area (Å²) in [4.78, 5) is 4.64. The zero-order valence-corrected chi connectivity index (χ0v) is 12.9. The first-order valence-electron chi connectivity index (χ1n) is 7.37. The fourth-order valence-electron chi connectivity index (χ4n) is 2.47. The van der Waals surface area contributed by atoms with E-state index in [1.807, 2.05) is 6.21 Å². The van der Waals surface area contributed by atoms with E-state index in [4.69, 9.17) is 0 Å². The highest BCUT2D eigenvalue weighted by Gasteiger charge is 2.05. The Kier molecular flexibility index (Phi) is 4.73. The largest absolute Gasteiger partial charge is 0.256 e. The molecule has 0 atom stereocenters. The van der Waals surface area contributed by atoms with Gasteiger partial charge in [-0.1, -0.05) is 49.2 Å². The summed E-state index contributed by atoms with van der Waals surface area (Å²) in [5, 5.41) is 0. The molecular formula is C19H23N. The predicted molar refractivity (Wildman–Crippen MR) is 88.4 cm³/mol. The second-order valence-electron chi connectivity index (χ2n) is 5.30. The van der Waals surface area contributed by atoms with E-state index in [2.05, 4.69) is 69.1 Å². The van der Waals surface area contributed by atoms with E-state index in [9.17, 15) is 0 Å². The Balaban J connectivity index is 2.39. The van der Waals surface area contributed by atoms with Crippen molar-refractivity contribution in [1.82, 2.24) is 0 Å². The molecule has 1 nitrogen and oxygen atoms in total. The molecule has 0 saturated heterocycles. The first-order chi connectivity index (χ1) is 9.63. The first-order valence-corrected chi connectivity index (χ1v) is 7.37. The molecule has 2 rings (SSSR count). The quantitative estimate of drug-likeness (QED) is 0.675. The fourth-order valence-corrected chi connectivity index (χ4v) is 2.47. The first kappa shape index (κ1) is 14.5. The van der Waals surface area contributed by atoms with E-state index < -0.39 is 0 Å². The van der Waals surface area contributed by atoms with E-state index in [1.165, 1.54) is 27.8 Å². The van der Waals surface area contributed by atoms with Crippen LogP contribution in [0.3, 0.4) is 0 Å². The molecule has 1 heteroatoms. The normalized spacial score (nSPS) is 11.2. The standard InChI is InChI=1S/C19H23N/c1-5-16-11-15(4)12-17(6-2)19(16)13-20-18-9-7-14(3)8-10-18/h7-13H,5-6H2,1-4H3. The number of aliphatic imine (C=N–C) groups is 1. The van der Waals surface area contributed by atoms with Crippen LogP contribution in [-0.2, 0) is 12.8 Å². The minimum Gasteiger partial charge on any atom is -0.256 e. The summed E-state index contributed by atoms with van der Waals surface area (Å²) >= 11 is 0. The number of nitrogens with zero attached hydrogens (tertiary/aromatic N) is 1. The van der Waals surface area contributed by atoms with Gasteiger partial charge in [-0.25, -0.2) is 0 Å². The van der Waals surface area contributed by atoms with Crippen LogP contribution < -0.4 is 0 Å². The lowest BCUT2D eigenvalue weighted by Crippen LogP contribution is -1.99. The summed E-state index contributed by atoms with van der Waals surface area (Å²) in [7, 11) is 0. The molecule has 2 aromatic rings. The minimum atomic E-state index is 1.01. The van der Waals surface area contributed by atoms with E-state index in [-0.39, 0.29) is 0 Å². The molecule has 0 spiro atoms. The Labute approximate surface area is 122 Å². The van der Waals surface area contributed by atoms with Crippen LogP contribution >= 0.6 is 0 Å². The maximum absolute atomic E-state index is 4.64. The SMILES string of the molecule is CCc1cc(C)cc(CC)c1C=Nc1ccc(C)cc1. The highest BCUT2D eigenvalue weighted by molar-refractivity contribution is 5.86. The van der Waals surface area contributed by atoms with Crippen LogP contribution in [0.15, 0.2) is 41.4 Å². The minimum absolute atomic E-state index is 1.01. The third kappa shape index (κ3) is 3.36. The van der Waals surface area contributed by atoms with Crippen molar-refractivity contribution >= 4 is 11.9 Å². The summed E-state index contributed by atoms with van der Waals surface area (Å²) in [6.07, 6.45) is 4.12. The molecule has 20 heavy (non-hydrogen) atoms. The van der Waals surface area contributed by atoms with E-state index >= 15 is 0 Å². The molecular weight excluding hydrogens is 242 g/mol. The van der Waals surface area contributed by atoms with Crippen LogP contribution in [0.2, 0.25) is 0 Å². The highest BCUT2D eigenvalue weighted by Crippen LogP contribution is 2.19. The fraction of sp³-hybridized carbons (Fsp3) is 0.316. The molecule has 104 valence electrons. The van der Waals surface area contributed by atoms with Crippen LogP contribution in [0, 0.1) is 13.8 Å². The van der Waals surface area contributed by atoms with Crippen LogP contribution in [0.25, 0.3) is 0 Å². The molecule has 0 radical (unpaired) electrons. The summed E-state index contributed by atoms with van der Waals surface area (Å²) in [6.45, 7) is 8.67. The lowest BCUT2D eigenvalue weighted by Gasteiger charge is -2.11. The van der Waals surface area contributed by atoms with Gasteiger partial charge in [-0.05, 0) is 55.5 Å². The molecule has 0 aliphatic heterocycles. The molecule has 0 N–H and O–H groups in total. The number of aryl methyl sites for hydroxylation is 4. The predicted octanol–water partition coefficient (Wildman–Crippen LogP) is 5.18. The Bertz CT molecular complexity index is 581. The average molecular weight is 265 g/mol. The van der Waals surface area contributed by atoms with Gasteiger partial charge in [0, 0.05) is 6.21 Å².